The van der Waals surface area contributed by atoms with Crippen LogP contribution in [-0.2, 0) is 12.1 Å². The van der Waals surface area contributed by atoms with Gasteiger partial charge in [-0.05, 0) is 19.4 Å². The Balaban J connectivity index is 1.57. The lowest BCUT2D eigenvalue weighted by Crippen LogP contribution is -2.46. The van der Waals surface area contributed by atoms with Gasteiger partial charge in [-0.1, -0.05) is 65.8 Å². The summed E-state index contributed by atoms with van der Waals surface area (Å²) in [7, 11) is 0. The summed E-state index contributed by atoms with van der Waals surface area (Å²) < 4.78 is 5.29. The Bertz CT molecular complexity index is 826. The van der Waals surface area contributed by atoms with Crippen LogP contribution in [0.5, 0.6) is 0 Å². The molecule has 25 heavy (non-hydrogen) atoms. The number of hydrogen-bond donors (Lipinski definition) is 2. The minimum Gasteiger partial charge on any atom is -0.359 e. The lowest BCUT2D eigenvalue weighted by atomic mass is 9.95. The van der Waals surface area contributed by atoms with Crippen molar-refractivity contribution in [1.82, 2.24) is 15.8 Å². The molecule has 3 aromatic rings. The number of carbonyl (C=O) groups is 1. The fourth-order valence-corrected chi connectivity index (χ4v) is 2.56. The molecule has 0 aliphatic rings. The maximum absolute atomic E-state index is 12.2. The number of urea groups is 1. The molecule has 0 saturated heterocycles. The lowest BCUT2D eigenvalue weighted by molar-refractivity contribution is 0.228. The first-order valence-electron chi connectivity index (χ1n) is 8.17. The van der Waals surface area contributed by atoms with E-state index < -0.39 is 5.54 Å². The molecule has 0 aliphatic heterocycles. The van der Waals surface area contributed by atoms with Crippen molar-refractivity contribution >= 4 is 6.03 Å². The monoisotopic (exact) mass is 335 g/mol. The summed E-state index contributed by atoms with van der Waals surface area (Å²) in [5.41, 5.74) is 2.30. The van der Waals surface area contributed by atoms with E-state index in [0.29, 0.717) is 5.76 Å². The van der Waals surface area contributed by atoms with Gasteiger partial charge < -0.3 is 15.2 Å². The Kier molecular flexibility index (Phi) is 4.84. The first-order chi connectivity index (χ1) is 12.0. The number of amides is 2. The van der Waals surface area contributed by atoms with Crippen LogP contribution in [0.15, 0.2) is 71.3 Å². The Morgan fingerprint density at radius 3 is 2.36 bits per heavy atom. The molecule has 0 aliphatic carbocycles. The Hall–Kier alpha value is -3.08. The van der Waals surface area contributed by atoms with E-state index in [1.807, 2.05) is 80.6 Å². The van der Waals surface area contributed by atoms with E-state index in [-0.39, 0.29) is 12.6 Å². The summed E-state index contributed by atoms with van der Waals surface area (Å²) in [6.45, 7) is 4.20. The van der Waals surface area contributed by atoms with Crippen molar-refractivity contribution in [3.05, 3.63) is 78.1 Å². The Morgan fingerprint density at radius 1 is 1.04 bits per heavy atom. The van der Waals surface area contributed by atoms with E-state index in [1.54, 1.807) is 0 Å². The number of benzene rings is 2. The fraction of sp³-hybridized carbons (Fsp3) is 0.200. The van der Waals surface area contributed by atoms with Gasteiger partial charge in [-0.25, -0.2) is 4.79 Å². The minimum atomic E-state index is -0.470. The third-order valence-corrected chi connectivity index (χ3v) is 3.97. The molecule has 0 saturated carbocycles. The minimum absolute atomic E-state index is 0.258. The maximum atomic E-state index is 12.2. The van der Waals surface area contributed by atoms with Gasteiger partial charge in [-0.2, -0.15) is 0 Å². The maximum Gasteiger partial charge on any atom is 0.315 e. The summed E-state index contributed by atoms with van der Waals surface area (Å²) in [5, 5.41) is 9.81. The van der Waals surface area contributed by atoms with Crippen LogP contribution in [-0.4, -0.2) is 11.2 Å². The van der Waals surface area contributed by atoms with E-state index >= 15 is 0 Å². The summed E-state index contributed by atoms with van der Waals surface area (Å²) >= 11 is 0. The summed E-state index contributed by atoms with van der Waals surface area (Å²) in [6, 6.07) is 21.2. The topological polar surface area (TPSA) is 67.2 Å². The third-order valence-electron chi connectivity index (χ3n) is 3.97. The molecular formula is C20H21N3O2. The van der Waals surface area contributed by atoms with E-state index in [1.165, 1.54) is 0 Å². The van der Waals surface area contributed by atoms with Gasteiger partial charge in [0.1, 0.15) is 5.69 Å². The molecule has 0 bridgehead atoms. The number of rotatable bonds is 5. The molecule has 0 atom stereocenters. The second-order valence-corrected chi connectivity index (χ2v) is 6.34. The van der Waals surface area contributed by atoms with E-state index in [2.05, 4.69) is 15.8 Å². The van der Waals surface area contributed by atoms with Crippen LogP contribution >= 0.6 is 0 Å². The molecule has 128 valence electrons. The van der Waals surface area contributed by atoms with Gasteiger partial charge in [0, 0.05) is 11.6 Å². The van der Waals surface area contributed by atoms with Gasteiger partial charge in [0.25, 0.3) is 0 Å². The molecule has 0 fully saturated rings. The third kappa shape index (κ3) is 4.26. The molecule has 2 amide bonds. The molecule has 5 nitrogen and oxygen atoms in total. The quantitative estimate of drug-likeness (QED) is 0.738. The van der Waals surface area contributed by atoms with Crippen LogP contribution in [0.1, 0.15) is 25.2 Å². The Labute approximate surface area is 147 Å². The average Bonchev–Trinajstić information content (AvgIpc) is 3.10. The number of nitrogens with one attached hydrogen (secondary N) is 2. The number of carbonyl (C=O) groups excluding carboxylic acids is 1. The molecule has 5 heteroatoms. The van der Waals surface area contributed by atoms with Crippen LogP contribution in [0.25, 0.3) is 11.3 Å². The van der Waals surface area contributed by atoms with Gasteiger partial charge in [-0.3, -0.25) is 0 Å². The molecule has 0 spiro atoms. The van der Waals surface area contributed by atoms with Crippen LogP contribution < -0.4 is 10.6 Å². The Morgan fingerprint density at radius 2 is 1.68 bits per heavy atom. The second-order valence-electron chi connectivity index (χ2n) is 6.34. The second kappa shape index (κ2) is 7.21. The zero-order valence-electron chi connectivity index (χ0n) is 14.3. The number of hydrogen-bond acceptors (Lipinski definition) is 3. The molecule has 1 aromatic heterocycles. The number of nitrogens with zero attached hydrogens (tertiary/aromatic N) is 1. The molecule has 0 unspecified atom stereocenters. The standard InChI is InChI=1S/C20H21N3O2/c1-20(2,16-11-7-4-8-12-16)22-19(24)21-14-17-13-18(23-25-17)15-9-5-3-6-10-15/h3-13H,14H2,1-2H3,(H2,21,22,24). The van der Waals surface area contributed by atoms with Crippen LogP contribution in [0, 0.1) is 0 Å². The molecule has 2 aromatic carbocycles. The molecule has 0 radical (unpaired) electrons. The first kappa shape index (κ1) is 16.8. The van der Waals surface area contributed by atoms with Crippen LogP contribution in [0.4, 0.5) is 4.79 Å². The molecular weight excluding hydrogens is 314 g/mol. The largest absolute Gasteiger partial charge is 0.359 e. The highest BCUT2D eigenvalue weighted by atomic mass is 16.5. The number of aromatic nitrogens is 1. The molecule has 1 heterocycles. The summed E-state index contributed by atoms with van der Waals surface area (Å²) in [5.74, 6) is 0.603. The van der Waals surface area contributed by atoms with Gasteiger partial charge in [0.2, 0.25) is 0 Å². The normalized spacial score (nSPS) is 11.1. The predicted octanol–water partition coefficient (Wildman–Crippen LogP) is 4.08. The van der Waals surface area contributed by atoms with Crippen LogP contribution in [0.2, 0.25) is 0 Å². The highest BCUT2D eigenvalue weighted by Crippen LogP contribution is 2.20. The molecule has 2 N–H and O–H groups in total. The van der Waals surface area contributed by atoms with Crippen molar-refractivity contribution in [2.24, 2.45) is 0 Å². The van der Waals surface area contributed by atoms with E-state index in [4.69, 9.17) is 4.52 Å². The zero-order valence-corrected chi connectivity index (χ0v) is 14.3. The van der Waals surface area contributed by atoms with Crippen LogP contribution in [0.3, 0.4) is 0 Å². The molecule has 3 rings (SSSR count). The predicted molar refractivity (Wildman–Crippen MR) is 96.8 cm³/mol. The first-order valence-corrected chi connectivity index (χ1v) is 8.17. The van der Waals surface area contributed by atoms with Crippen molar-refractivity contribution in [3.63, 3.8) is 0 Å². The van der Waals surface area contributed by atoms with Gasteiger partial charge in [-0.15, -0.1) is 0 Å². The van der Waals surface area contributed by atoms with Crippen molar-refractivity contribution in [3.8, 4) is 11.3 Å². The van der Waals surface area contributed by atoms with Crippen molar-refractivity contribution in [2.75, 3.05) is 0 Å². The van der Waals surface area contributed by atoms with Gasteiger partial charge in [0.15, 0.2) is 5.76 Å². The zero-order chi connectivity index (χ0) is 17.7. The SMILES string of the molecule is CC(C)(NC(=O)NCc1cc(-c2ccccc2)no1)c1ccccc1. The van der Waals surface area contributed by atoms with Crippen molar-refractivity contribution in [1.29, 1.82) is 0 Å². The highest BCUT2D eigenvalue weighted by molar-refractivity contribution is 5.75. The lowest BCUT2D eigenvalue weighted by Gasteiger charge is -2.26. The van der Waals surface area contributed by atoms with Crippen molar-refractivity contribution < 1.29 is 9.32 Å². The fourth-order valence-electron chi connectivity index (χ4n) is 2.56. The summed E-state index contributed by atoms with van der Waals surface area (Å²) in [6.07, 6.45) is 0. The smallest absolute Gasteiger partial charge is 0.315 e. The van der Waals surface area contributed by atoms with Gasteiger partial charge >= 0.3 is 6.03 Å². The summed E-state index contributed by atoms with van der Waals surface area (Å²) in [4.78, 5) is 12.2. The van der Waals surface area contributed by atoms with E-state index in [9.17, 15) is 4.79 Å². The van der Waals surface area contributed by atoms with Gasteiger partial charge in [0.05, 0.1) is 12.1 Å². The van der Waals surface area contributed by atoms with Crippen molar-refractivity contribution in [2.45, 2.75) is 25.9 Å². The average molecular weight is 335 g/mol. The van der Waals surface area contributed by atoms with E-state index in [0.717, 1.165) is 16.8 Å². The highest BCUT2D eigenvalue weighted by Gasteiger charge is 2.22.